The van der Waals surface area contributed by atoms with Crippen molar-refractivity contribution in [3.8, 4) is 11.5 Å². The summed E-state index contributed by atoms with van der Waals surface area (Å²) in [5.41, 5.74) is 2.32. The van der Waals surface area contributed by atoms with E-state index in [0.717, 1.165) is 10.9 Å². The molecule has 0 atom stereocenters. The molecule has 2 aromatic carbocycles. The molecule has 11 nitrogen and oxygen atoms in total. The lowest BCUT2D eigenvalue weighted by atomic mass is 10.2. The fraction of sp³-hybridized carbons (Fsp3) is 0.160. The Hall–Kier alpha value is -4.93. The summed E-state index contributed by atoms with van der Waals surface area (Å²) < 4.78 is 7.56. The third-order valence-corrected chi connectivity index (χ3v) is 5.21. The molecule has 0 radical (unpaired) electrons. The summed E-state index contributed by atoms with van der Waals surface area (Å²) in [7, 11) is 5.07. The second-order valence-corrected chi connectivity index (χ2v) is 8.09. The smallest absolute Gasteiger partial charge is 0.323 e. The summed E-state index contributed by atoms with van der Waals surface area (Å²) >= 11 is 0. The third kappa shape index (κ3) is 5.95. The van der Waals surface area contributed by atoms with Crippen LogP contribution in [0, 0.1) is 0 Å². The molecule has 0 aliphatic heterocycles. The Kier molecular flexibility index (Phi) is 7.10. The second kappa shape index (κ2) is 10.6. The highest BCUT2D eigenvalue weighted by Gasteiger charge is 2.12. The van der Waals surface area contributed by atoms with Crippen molar-refractivity contribution in [2.24, 2.45) is 7.05 Å². The molecule has 0 bridgehead atoms. The Morgan fingerprint density at radius 1 is 0.944 bits per heavy atom. The molecular weight excluding hydrogens is 462 g/mol. The van der Waals surface area contributed by atoms with Crippen molar-refractivity contribution in [3.05, 3.63) is 72.7 Å². The number of nitrogens with one attached hydrogen (secondary N) is 3. The van der Waals surface area contributed by atoms with E-state index in [1.54, 1.807) is 55.3 Å². The van der Waals surface area contributed by atoms with E-state index in [4.69, 9.17) is 4.74 Å². The van der Waals surface area contributed by atoms with Crippen LogP contribution in [0.15, 0.2) is 67.0 Å². The SMILES string of the molecule is CN(C)C(=O)CNC(=O)c1cc(Oc2ccc(NC(=O)Nc3ccc4c(cnn4C)c3)cc2)ccn1. The molecule has 4 amide bonds. The van der Waals surface area contributed by atoms with Crippen molar-refractivity contribution >= 4 is 40.1 Å². The molecule has 2 aromatic heterocycles. The lowest BCUT2D eigenvalue weighted by molar-refractivity contribution is -0.127. The molecule has 0 aliphatic carbocycles. The van der Waals surface area contributed by atoms with Crippen molar-refractivity contribution in [1.82, 2.24) is 25.0 Å². The number of aromatic nitrogens is 3. The Bertz CT molecular complexity index is 1410. The van der Waals surface area contributed by atoms with Crippen LogP contribution in [0.1, 0.15) is 10.5 Å². The monoisotopic (exact) mass is 487 g/mol. The number of rotatable bonds is 7. The van der Waals surface area contributed by atoms with Gasteiger partial charge in [-0.25, -0.2) is 4.79 Å². The van der Waals surface area contributed by atoms with E-state index in [1.165, 1.54) is 17.2 Å². The van der Waals surface area contributed by atoms with Crippen LogP contribution in [0.4, 0.5) is 16.2 Å². The number of carbonyl (C=O) groups is 3. The normalized spacial score (nSPS) is 10.5. The first-order valence-corrected chi connectivity index (χ1v) is 11.0. The Balaban J connectivity index is 1.32. The lowest BCUT2D eigenvalue weighted by Gasteiger charge is -2.11. The zero-order chi connectivity index (χ0) is 25.7. The Morgan fingerprint density at radius 3 is 2.42 bits per heavy atom. The van der Waals surface area contributed by atoms with E-state index >= 15 is 0 Å². The highest BCUT2D eigenvalue weighted by Crippen LogP contribution is 2.24. The van der Waals surface area contributed by atoms with Gasteiger partial charge >= 0.3 is 6.03 Å². The van der Waals surface area contributed by atoms with E-state index in [9.17, 15) is 14.4 Å². The van der Waals surface area contributed by atoms with Crippen molar-refractivity contribution in [1.29, 1.82) is 0 Å². The van der Waals surface area contributed by atoms with Crippen LogP contribution in [-0.2, 0) is 11.8 Å². The molecule has 4 aromatic rings. The average molecular weight is 488 g/mol. The minimum atomic E-state index is -0.483. The van der Waals surface area contributed by atoms with Crippen LogP contribution < -0.4 is 20.7 Å². The van der Waals surface area contributed by atoms with Gasteiger partial charge in [0.25, 0.3) is 5.91 Å². The van der Waals surface area contributed by atoms with Gasteiger partial charge in [-0.2, -0.15) is 5.10 Å². The number of aryl methyl sites for hydroxylation is 1. The fourth-order valence-corrected chi connectivity index (χ4v) is 3.28. The number of hydrogen-bond donors (Lipinski definition) is 3. The van der Waals surface area contributed by atoms with Gasteiger partial charge in [0.1, 0.15) is 17.2 Å². The molecule has 0 aliphatic rings. The van der Waals surface area contributed by atoms with E-state index < -0.39 is 5.91 Å². The molecule has 4 rings (SSSR count). The Morgan fingerprint density at radius 2 is 1.67 bits per heavy atom. The van der Waals surface area contributed by atoms with Crippen LogP contribution in [0.5, 0.6) is 11.5 Å². The first kappa shape index (κ1) is 24.2. The van der Waals surface area contributed by atoms with Gasteiger partial charge in [-0.3, -0.25) is 19.3 Å². The van der Waals surface area contributed by atoms with Crippen LogP contribution in [0.3, 0.4) is 0 Å². The van der Waals surface area contributed by atoms with Crippen molar-refractivity contribution in [2.45, 2.75) is 0 Å². The predicted molar refractivity (Wildman–Crippen MR) is 135 cm³/mol. The summed E-state index contributed by atoms with van der Waals surface area (Å²) in [5, 5.41) is 13.2. The van der Waals surface area contributed by atoms with Crippen LogP contribution in [0.25, 0.3) is 10.9 Å². The van der Waals surface area contributed by atoms with Crippen molar-refractivity contribution in [2.75, 3.05) is 31.3 Å². The number of likely N-dealkylation sites (N-methyl/N-ethyl adjacent to an activating group) is 1. The van der Waals surface area contributed by atoms with Gasteiger partial charge in [-0.1, -0.05) is 0 Å². The number of anilines is 2. The molecule has 3 N–H and O–H groups in total. The molecule has 0 fully saturated rings. The van der Waals surface area contributed by atoms with E-state index in [1.807, 2.05) is 25.2 Å². The molecule has 36 heavy (non-hydrogen) atoms. The van der Waals surface area contributed by atoms with Gasteiger partial charge in [-0.15, -0.1) is 0 Å². The number of urea groups is 1. The first-order valence-electron chi connectivity index (χ1n) is 11.0. The van der Waals surface area contributed by atoms with Gasteiger partial charge in [-0.05, 0) is 48.5 Å². The number of carbonyl (C=O) groups excluding carboxylic acids is 3. The lowest BCUT2D eigenvalue weighted by Crippen LogP contribution is -2.36. The van der Waals surface area contributed by atoms with E-state index in [0.29, 0.717) is 22.9 Å². The average Bonchev–Trinajstić information content (AvgIpc) is 3.23. The summed E-state index contributed by atoms with van der Waals surface area (Å²) in [5.74, 6) is 0.193. The van der Waals surface area contributed by atoms with Crippen LogP contribution in [0.2, 0.25) is 0 Å². The fourth-order valence-electron chi connectivity index (χ4n) is 3.28. The first-order chi connectivity index (χ1) is 17.3. The molecule has 0 saturated heterocycles. The minimum absolute atomic E-state index is 0.124. The summed E-state index contributed by atoms with van der Waals surface area (Å²) in [6.45, 7) is -0.126. The molecule has 2 heterocycles. The number of benzene rings is 2. The molecule has 0 saturated carbocycles. The second-order valence-electron chi connectivity index (χ2n) is 8.09. The minimum Gasteiger partial charge on any atom is -0.457 e. The van der Waals surface area contributed by atoms with E-state index in [2.05, 4.69) is 26.0 Å². The third-order valence-electron chi connectivity index (χ3n) is 5.21. The van der Waals surface area contributed by atoms with Crippen LogP contribution >= 0.6 is 0 Å². The number of fused-ring (bicyclic) bond motifs is 1. The molecule has 184 valence electrons. The predicted octanol–water partition coefficient (Wildman–Crippen LogP) is 3.22. The number of pyridine rings is 1. The molecule has 0 unspecified atom stereocenters. The Labute approximate surface area is 207 Å². The standard InChI is InChI=1S/C25H25N7O4/c1-31(2)23(33)15-27-24(34)21-13-20(10-11-26-21)36-19-7-4-17(5-8-19)29-25(35)30-18-6-9-22-16(12-18)14-28-32(22)3/h4-14H,15H2,1-3H3,(H,27,34)(H2,29,30,35). The van der Waals surface area contributed by atoms with Crippen molar-refractivity contribution < 1.29 is 19.1 Å². The summed E-state index contributed by atoms with van der Waals surface area (Å²) in [6.07, 6.45) is 3.18. The molecule has 11 heteroatoms. The molecule has 0 spiro atoms. The number of amides is 4. The maximum absolute atomic E-state index is 12.4. The summed E-state index contributed by atoms with van der Waals surface area (Å²) in [6, 6.07) is 15.0. The highest BCUT2D eigenvalue weighted by molar-refractivity contribution is 6.01. The highest BCUT2D eigenvalue weighted by atomic mass is 16.5. The zero-order valence-corrected chi connectivity index (χ0v) is 20.0. The maximum atomic E-state index is 12.4. The number of ether oxygens (including phenoxy) is 1. The molecular formula is C25H25N7O4. The topological polar surface area (TPSA) is 130 Å². The van der Waals surface area contributed by atoms with Gasteiger partial charge in [0.05, 0.1) is 18.3 Å². The quantitative estimate of drug-likeness (QED) is 0.367. The van der Waals surface area contributed by atoms with Crippen LogP contribution in [-0.4, -0.2) is 58.1 Å². The largest absolute Gasteiger partial charge is 0.457 e. The zero-order valence-electron chi connectivity index (χ0n) is 20.0. The van der Waals surface area contributed by atoms with E-state index in [-0.39, 0.29) is 24.2 Å². The maximum Gasteiger partial charge on any atom is 0.323 e. The van der Waals surface area contributed by atoms with Gasteiger partial charge < -0.3 is 25.6 Å². The van der Waals surface area contributed by atoms with Crippen molar-refractivity contribution in [3.63, 3.8) is 0 Å². The van der Waals surface area contributed by atoms with Gasteiger partial charge in [0.15, 0.2) is 0 Å². The number of nitrogens with zero attached hydrogens (tertiary/aromatic N) is 4. The summed E-state index contributed by atoms with van der Waals surface area (Å²) in [4.78, 5) is 41.7. The number of hydrogen-bond acceptors (Lipinski definition) is 6. The van der Waals surface area contributed by atoms with Gasteiger partial charge in [0, 0.05) is 50.2 Å². The van der Waals surface area contributed by atoms with Gasteiger partial charge in [0.2, 0.25) is 5.91 Å².